The van der Waals surface area contributed by atoms with E-state index in [1.54, 1.807) is 0 Å². The van der Waals surface area contributed by atoms with Crippen LogP contribution in [0.4, 0.5) is 0 Å². The molecule has 1 heterocycles. The molecule has 0 fully saturated rings. The van der Waals surface area contributed by atoms with E-state index >= 15 is 0 Å². The van der Waals surface area contributed by atoms with Gasteiger partial charge in [-0.25, -0.2) is 0 Å². The lowest BCUT2D eigenvalue weighted by Crippen LogP contribution is -2.18. The smallest absolute Gasteiger partial charge is 0.266 e. The zero-order valence-electron chi connectivity index (χ0n) is 15.4. The minimum absolute atomic E-state index is 0.0319. The first-order chi connectivity index (χ1) is 11.1. The summed E-state index contributed by atoms with van der Waals surface area (Å²) in [4.78, 5) is 0.473. The van der Waals surface area contributed by atoms with Crippen LogP contribution in [0.3, 0.4) is 0 Å². The van der Waals surface area contributed by atoms with Gasteiger partial charge >= 0.3 is 10.1 Å². The van der Waals surface area contributed by atoms with Crippen molar-refractivity contribution in [3.05, 3.63) is 22.4 Å². The van der Waals surface area contributed by atoms with Gasteiger partial charge in [0.2, 0.25) is 0 Å². The van der Waals surface area contributed by atoms with Crippen LogP contribution in [-0.2, 0) is 28.6 Å². The van der Waals surface area contributed by atoms with Crippen LogP contribution in [0.25, 0.3) is 6.08 Å². The van der Waals surface area contributed by atoms with Crippen molar-refractivity contribution in [2.75, 3.05) is 13.2 Å². The summed E-state index contributed by atoms with van der Waals surface area (Å²) >= 11 is 0.935. The summed E-state index contributed by atoms with van der Waals surface area (Å²) in [6.45, 7) is 11.3. The number of hydrogen-bond donors (Lipinski definition) is 0. The van der Waals surface area contributed by atoms with Crippen LogP contribution >= 0.6 is 11.3 Å². The highest BCUT2D eigenvalue weighted by Crippen LogP contribution is 2.26. The number of rotatable bonds is 7. The van der Waals surface area contributed by atoms with Crippen LogP contribution in [0.5, 0.6) is 0 Å². The Hall–Kier alpha value is -0.740. The van der Waals surface area contributed by atoms with E-state index in [4.69, 9.17) is 8.37 Å². The second-order valence-corrected chi connectivity index (χ2v) is 12.5. The molecule has 1 aromatic rings. The average molecular weight is 411 g/mol. The van der Waals surface area contributed by atoms with E-state index in [9.17, 15) is 16.8 Å². The molecular weight excluding hydrogens is 384 g/mol. The molecule has 0 radical (unpaired) electrons. The molecule has 0 amide bonds. The Bertz CT molecular complexity index is 803. The van der Waals surface area contributed by atoms with Crippen LogP contribution in [0, 0.1) is 10.8 Å². The average Bonchev–Trinajstić information content (AvgIpc) is 2.90. The molecule has 0 aliphatic rings. The Kier molecular flexibility index (Phi) is 7.02. The van der Waals surface area contributed by atoms with Crippen molar-refractivity contribution in [3.63, 3.8) is 0 Å². The summed E-state index contributed by atoms with van der Waals surface area (Å²) in [5.41, 5.74) is -0.568. The first-order valence-electron chi connectivity index (χ1n) is 7.67. The molecule has 6 nitrogen and oxygen atoms in total. The molecule has 1 rings (SSSR count). The Balaban J connectivity index is 2.81. The predicted octanol–water partition coefficient (Wildman–Crippen LogP) is 3.86. The molecule has 25 heavy (non-hydrogen) atoms. The molecule has 0 bridgehead atoms. The highest BCUT2D eigenvalue weighted by atomic mass is 32.3. The maximum Gasteiger partial charge on any atom is 0.306 e. The lowest BCUT2D eigenvalue weighted by atomic mass is 9.99. The van der Waals surface area contributed by atoms with Gasteiger partial charge in [0.15, 0.2) is 0 Å². The largest absolute Gasteiger partial charge is 0.306 e. The molecule has 0 aromatic carbocycles. The summed E-state index contributed by atoms with van der Waals surface area (Å²) in [6, 6.07) is 2.92. The van der Waals surface area contributed by atoms with Gasteiger partial charge in [0, 0.05) is 4.88 Å². The fourth-order valence-electron chi connectivity index (χ4n) is 1.32. The van der Waals surface area contributed by atoms with E-state index < -0.39 is 20.2 Å². The quantitative estimate of drug-likeness (QED) is 0.634. The van der Waals surface area contributed by atoms with Gasteiger partial charge in [-0.2, -0.15) is 16.8 Å². The Morgan fingerprint density at radius 2 is 1.44 bits per heavy atom. The zero-order valence-corrected chi connectivity index (χ0v) is 17.8. The van der Waals surface area contributed by atoms with Crippen LogP contribution in [-0.4, -0.2) is 30.0 Å². The van der Waals surface area contributed by atoms with Crippen LogP contribution in [0.15, 0.2) is 21.7 Å². The monoisotopic (exact) mass is 410 g/mol. The molecule has 0 unspecified atom stereocenters. The number of hydrogen-bond acceptors (Lipinski definition) is 7. The van der Waals surface area contributed by atoms with Gasteiger partial charge in [0.25, 0.3) is 10.1 Å². The first-order valence-corrected chi connectivity index (χ1v) is 11.4. The van der Waals surface area contributed by atoms with Gasteiger partial charge in [-0.1, -0.05) is 41.5 Å². The summed E-state index contributed by atoms with van der Waals surface area (Å²) in [6.07, 6.45) is 1.31. The zero-order chi connectivity index (χ0) is 19.5. The molecule has 9 heteroatoms. The molecule has 0 atom stereocenters. The van der Waals surface area contributed by atoms with Gasteiger partial charge in [-0.05, 0) is 29.0 Å². The Labute approximate surface area is 155 Å². The highest BCUT2D eigenvalue weighted by Gasteiger charge is 2.22. The van der Waals surface area contributed by atoms with Crippen molar-refractivity contribution in [1.29, 1.82) is 0 Å². The van der Waals surface area contributed by atoms with Gasteiger partial charge in [0.05, 0.1) is 18.6 Å². The summed E-state index contributed by atoms with van der Waals surface area (Å²) in [5.74, 6) is 0. The Morgan fingerprint density at radius 3 is 1.96 bits per heavy atom. The fraction of sp³-hybridized carbons (Fsp3) is 0.625. The molecular formula is C16H26O6S3. The molecule has 0 aliphatic heterocycles. The van der Waals surface area contributed by atoms with E-state index in [-0.39, 0.29) is 28.3 Å². The van der Waals surface area contributed by atoms with E-state index in [0.29, 0.717) is 4.88 Å². The van der Waals surface area contributed by atoms with E-state index in [1.165, 1.54) is 18.2 Å². The van der Waals surface area contributed by atoms with Crippen LogP contribution < -0.4 is 0 Å². The van der Waals surface area contributed by atoms with E-state index in [0.717, 1.165) is 16.7 Å². The van der Waals surface area contributed by atoms with Gasteiger partial charge < -0.3 is 0 Å². The van der Waals surface area contributed by atoms with Gasteiger partial charge in [-0.15, -0.1) is 11.3 Å². The summed E-state index contributed by atoms with van der Waals surface area (Å²) in [7, 11) is -7.68. The van der Waals surface area contributed by atoms with E-state index in [2.05, 4.69) is 0 Å². The summed E-state index contributed by atoms with van der Waals surface area (Å²) < 4.78 is 57.9. The third-order valence-electron chi connectivity index (χ3n) is 2.55. The SMILES string of the molecule is CC(C)(C)COS(=O)(=O)/C=C/c1ccc(S(=O)(=O)OCC(C)(C)C)s1. The fourth-order valence-corrected chi connectivity index (χ4v) is 4.66. The minimum Gasteiger partial charge on any atom is -0.266 e. The van der Waals surface area contributed by atoms with Crippen molar-refractivity contribution in [2.24, 2.45) is 10.8 Å². The van der Waals surface area contributed by atoms with Crippen molar-refractivity contribution in [2.45, 2.75) is 45.8 Å². The van der Waals surface area contributed by atoms with Crippen molar-refractivity contribution in [3.8, 4) is 0 Å². The highest BCUT2D eigenvalue weighted by molar-refractivity contribution is 7.90. The minimum atomic E-state index is -3.85. The Morgan fingerprint density at radius 1 is 0.920 bits per heavy atom. The number of thiophene rings is 1. The summed E-state index contributed by atoms with van der Waals surface area (Å²) in [5, 5.41) is 0.928. The van der Waals surface area contributed by atoms with Gasteiger partial charge in [-0.3, -0.25) is 8.37 Å². The van der Waals surface area contributed by atoms with Crippen molar-refractivity contribution < 1.29 is 25.2 Å². The molecule has 0 saturated carbocycles. The van der Waals surface area contributed by atoms with Crippen molar-refractivity contribution in [1.82, 2.24) is 0 Å². The first kappa shape index (κ1) is 22.3. The maximum absolute atomic E-state index is 12.1. The third kappa shape index (κ3) is 8.96. The molecule has 144 valence electrons. The molecule has 1 aromatic heterocycles. The van der Waals surface area contributed by atoms with E-state index in [1.807, 2.05) is 41.5 Å². The molecule has 0 saturated heterocycles. The maximum atomic E-state index is 12.1. The predicted molar refractivity (Wildman–Crippen MR) is 100 cm³/mol. The second-order valence-electron chi connectivity index (χ2n) is 8.05. The molecule has 0 spiro atoms. The van der Waals surface area contributed by atoms with Gasteiger partial charge in [0.1, 0.15) is 4.21 Å². The second kappa shape index (κ2) is 7.87. The molecule has 0 aliphatic carbocycles. The van der Waals surface area contributed by atoms with Crippen LogP contribution in [0.2, 0.25) is 0 Å². The third-order valence-corrected chi connectivity index (χ3v) is 6.23. The normalized spacial score (nSPS) is 14.3. The molecule has 0 N–H and O–H groups in total. The standard InChI is InChI=1S/C16H26O6S3/c1-15(2,3)11-21-24(17,18)10-9-13-7-8-14(23-13)25(19,20)22-12-16(4,5)6/h7-10H,11-12H2,1-6H3/b10-9+. The lowest BCUT2D eigenvalue weighted by molar-refractivity contribution is 0.204. The van der Waals surface area contributed by atoms with Crippen LogP contribution in [0.1, 0.15) is 46.4 Å². The topological polar surface area (TPSA) is 86.7 Å². The van der Waals surface area contributed by atoms with Crippen molar-refractivity contribution >= 4 is 37.6 Å². The lowest BCUT2D eigenvalue weighted by Gasteiger charge is -2.17.